The van der Waals surface area contributed by atoms with E-state index in [2.05, 4.69) is 52.7 Å². The molecule has 1 heterocycles. The van der Waals surface area contributed by atoms with Gasteiger partial charge < -0.3 is 19.9 Å². The summed E-state index contributed by atoms with van der Waals surface area (Å²) < 4.78 is 7.84. The second-order valence-corrected chi connectivity index (χ2v) is 5.89. The van der Waals surface area contributed by atoms with E-state index >= 15 is 0 Å². The number of guanidine groups is 1. The fourth-order valence-electron chi connectivity index (χ4n) is 2.61. The van der Waals surface area contributed by atoms with Gasteiger partial charge in [-0.2, -0.15) is 0 Å². The predicted octanol–water partition coefficient (Wildman–Crippen LogP) is 1.70. The van der Waals surface area contributed by atoms with Gasteiger partial charge in [-0.25, -0.2) is 0 Å². The number of hydrogen-bond donors (Lipinski definition) is 2. The maximum atomic E-state index is 5.79. The van der Waals surface area contributed by atoms with Gasteiger partial charge in [0.2, 0.25) is 0 Å². The minimum Gasteiger partial charge on any atom is -0.492 e. The molecule has 0 unspecified atom stereocenters. The van der Waals surface area contributed by atoms with E-state index in [0.29, 0.717) is 13.2 Å². The van der Waals surface area contributed by atoms with Crippen molar-refractivity contribution in [2.45, 2.75) is 33.7 Å². The van der Waals surface area contributed by atoms with Gasteiger partial charge in [-0.15, -0.1) is 10.2 Å². The van der Waals surface area contributed by atoms with Crippen LogP contribution in [-0.2, 0) is 13.0 Å². The number of aromatic nitrogens is 3. The molecule has 0 saturated carbocycles. The summed E-state index contributed by atoms with van der Waals surface area (Å²) >= 11 is 0. The molecule has 0 aliphatic heterocycles. The third kappa shape index (κ3) is 6.10. The number of ether oxygens (including phenoxy) is 1. The van der Waals surface area contributed by atoms with Gasteiger partial charge >= 0.3 is 0 Å². The topological polar surface area (TPSA) is 76.4 Å². The molecule has 0 aliphatic rings. The van der Waals surface area contributed by atoms with Gasteiger partial charge in [0.1, 0.15) is 24.5 Å². The van der Waals surface area contributed by atoms with Crippen molar-refractivity contribution in [1.29, 1.82) is 0 Å². The highest BCUT2D eigenvalue weighted by molar-refractivity contribution is 5.79. The van der Waals surface area contributed by atoms with Crippen molar-refractivity contribution in [2.75, 3.05) is 26.7 Å². The fraction of sp³-hybridized carbons (Fsp3) is 0.500. The Balaban J connectivity index is 1.68. The molecule has 0 aliphatic carbocycles. The van der Waals surface area contributed by atoms with E-state index in [0.717, 1.165) is 37.0 Å². The Morgan fingerprint density at radius 3 is 2.56 bits per heavy atom. The van der Waals surface area contributed by atoms with Crippen molar-refractivity contribution in [3.63, 3.8) is 0 Å². The molecule has 2 rings (SSSR count). The number of rotatable bonds is 8. The lowest BCUT2D eigenvalue weighted by atomic mass is 10.1. The number of aryl methyl sites for hydroxylation is 3. The van der Waals surface area contributed by atoms with Gasteiger partial charge in [-0.3, -0.25) is 4.99 Å². The highest BCUT2D eigenvalue weighted by Crippen LogP contribution is 2.15. The van der Waals surface area contributed by atoms with E-state index in [1.807, 2.05) is 16.7 Å². The molecule has 0 fully saturated rings. The van der Waals surface area contributed by atoms with E-state index in [1.54, 1.807) is 13.4 Å². The first-order valence-corrected chi connectivity index (χ1v) is 8.64. The van der Waals surface area contributed by atoms with Crippen molar-refractivity contribution in [2.24, 2.45) is 4.99 Å². The molecule has 1 aromatic carbocycles. The molecule has 1 aromatic heterocycles. The van der Waals surface area contributed by atoms with Crippen LogP contribution in [0.2, 0.25) is 0 Å². The third-order valence-corrected chi connectivity index (χ3v) is 3.74. The maximum absolute atomic E-state index is 5.79. The smallest absolute Gasteiger partial charge is 0.191 e. The summed E-state index contributed by atoms with van der Waals surface area (Å²) in [5, 5.41) is 14.5. The van der Waals surface area contributed by atoms with Crippen LogP contribution in [-0.4, -0.2) is 47.5 Å². The summed E-state index contributed by atoms with van der Waals surface area (Å²) in [7, 11) is 1.76. The van der Waals surface area contributed by atoms with Gasteiger partial charge in [0, 0.05) is 26.6 Å². The number of nitrogens with one attached hydrogen (secondary N) is 2. The Kier molecular flexibility index (Phi) is 7.25. The van der Waals surface area contributed by atoms with Gasteiger partial charge in [0.15, 0.2) is 5.96 Å². The molecular formula is C18H28N6O. The van der Waals surface area contributed by atoms with Gasteiger partial charge in [0.25, 0.3) is 0 Å². The lowest BCUT2D eigenvalue weighted by molar-refractivity contribution is 0.321. The van der Waals surface area contributed by atoms with Crippen LogP contribution < -0.4 is 15.4 Å². The molecule has 2 N–H and O–H groups in total. The molecule has 0 radical (unpaired) electrons. The first kappa shape index (κ1) is 18.8. The number of hydrogen-bond acceptors (Lipinski definition) is 4. The fourth-order valence-corrected chi connectivity index (χ4v) is 2.61. The van der Waals surface area contributed by atoms with Crippen molar-refractivity contribution < 1.29 is 4.74 Å². The van der Waals surface area contributed by atoms with Crippen molar-refractivity contribution in [3.05, 3.63) is 41.5 Å². The number of aliphatic imine (C=N–C) groups is 1. The molecule has 0 saturated heterocycles. The summed E-state index contributed by atoms with van der Waals surface area (Å²) in [6.45, 7) is 9.03. The van der Waals surface area contributed by atoms with Crippen LogP contribution in [0.15, 0.2) is 29.5 Å². The van der Waals surface area contributed by atoms with Crippen LogP contribution in [0.3, 0.4) is 0 Å². The monoisotopic (exact) mass is 344 g/mol. The van der Waals surface area contributed by atoms with Gasteiger partial charge in [-0.1, -0.05) is 13.0 Å². The summed E-state index contributed by atoms with van der Waals surface area (Å²) in [5.74, 6) is 2.66. The zero-order valence-electron chi connectivity index (χ0n) is 15.5. The minimum absolute atomic E-state index is 0.578. The van der Waals surface area contributed by atoms with E-state index in [9.17, 15) is 0 Å². The van der Waals surface area contributed by atoms with Crippen LogP contribution in [0.25, 0.3) is 0 Å². The molecule has 0 spiro atoms. The van der Waals surface area contributed by atoms with Crippen LogP contribution in [0.1, 0.15) is 23.9 Å². The zero-order valence-corrected chi connectivity index (χ0v) is 15.5. The first-order chi connectivity index (χ1) is 12.1. The Labute approximate surface area is 149 Å². The normalized spacial score (nSPS) is 11.4. The zero-order chi connectivity index (χ0) is 18.1. The molecule has 0 atom stereocenters. The average molecular weight is 344 g/mol. The molecule has 7 nitrogen and oxygen atoms in total. The van der Waals surface area contributed by atoms with Gasteiger partial charge in [-0.05, 0) is 37.1 Å². The Bertz CT molecular complexity index is 674. The van der Waals surface area contributed by atoms with E-state index in [-0.39, 0.29) is 0 Å². The Morgan fingerprint density at radius 2 is 1.88 bits per heavy atom. The Morgan fingerprint density at radius 1 is 1.16 bits per heavy atom. The van der Waals surface area contributed by atoms with E-state index < -0.39 is 0 Å². The molecule has 136 valence electrons. The number of nitrogens with zero attached hydrogens (tertiary/aromatic N) is 4. The third-order valence-electron chi connectivity index (χ3n) is 3.74. The highest BCUT2D eigenvalue weighted by Gasteiger charge is 2.02. The quantitative estimate of drug-likeness (QED) is 0.433. The Hall–Kier alpha value is -2.57. The summed E-state index contributed by atoms with van der Waals surface area (Å²) in [6.07, 6.45) is 2.64. The summed E-state index contributed by atoms with van der Waals surface area (Å²) in [4.78, 5) is 4.22. The van der Waals surface area contributed by atoms with Crippen molar-refractivity contribution in [3.8, 4) is 5.75 Å². The average Bonchev–Trinajstić information content (AvgIpc) is 3.03. The van der Waals surface area contributed by atoms with Gasteiger partial charge in [0.05, 0.1) is 6.54 Å². The van der Waals surface area contributed by atoms with E-state index in [4.69, 9.17) is 4.74 Å². The predicted molar refractivity (Wildman–Crippen MR) is 100 cm³/mol. The largest absolute Gasteiger partial charge is 0.492 e. The molecular weight excluding hydrogens is 316 g/mol. The lowest BCUT2D eigenvalue weighted by Crippen LogP contribution is -2.40. The second kappa shape index (κ2) is 9.66. The lowest BCUT2D eigenvalue weighted by Gasteiger charge is -2.13. The molecule has 0 amide bonds. The molecule has 2 aromatic rings. The van der Waals surface area contributed by atoms with Crippen molar-refractivity contribution in [1.82, 2.24) is 25.4 Å². The summed E-state index contributed by atoms with van der Waals surface area (Å²) in [6, 6.07) is 6.23. The molecule has 25 heavy (non-hydrogen) atoms. The first-order valence-electron chi connectivity index (χ1n) is 8.64. The number of benzene rings is 1. The van der Waals surface area contributed by atoms with Crippen LogP contribution in [0, 0.1) is 13.8 Å². The molecule has 0 bridgehead atoms. The minimum atomic E-state index is 0.578. The summed E-state index contributed by atoms with van der Waals surface area (Å²) in [5.41, 5.74) is 2.42. The van der Waals surface area contributed by atoms with Crippen LogP contribution >= 0.6 is 0 Å². The second-order valence-electron chi connectivity index (χ2n) is 5.89. The molecule has 7 heteroatoms. The van der Waals surface area contributed by atoms with Crippen LogP contribution in [0.4, 0.5) is 0 Å². The van der Waals surface area contributed by atoms with E-state index in [1.165, 1.54) is 11.1 Å². The van der Waals surface area contributed by atoms with Crippen molar-refractivity contribution >= 4 is 5.96 Å². The highest BCUT2D eigenvalue weighted by atomic mass is 16.5. The SMILES string of the molecule is CCc1nncn1CCNC(=NC)NCCOc1cc(C)cc(C)c1. The van der Waals surface area contributed by atoms with Crippen LogP contribution in [0.5, 0.6) is 5.75 Å². The maximum Gasteiger partial charge on any atom is 0.191 e. The standard InChI is InChI=1S/C18H28N6O/c1-5-17-23-22-13-24(17)8-6-20-18(19-4)21-7-9-25-16-11-14(2)10-15(3)12-16/h10-13H,5-9H2,1-4H3,(H2,19,20,21).